The largest absolute Gasteiger partial charge is 0.507 e. The van der Waals surface area contributed by atoms with Crippen LogP contribution in [0.2, 0.25) is 0 Å². The van der Waals surface area contributed by atoms with Crippen LogP contribution < -0.4 is 4.74 Å². The molecule has 1 unspecified atom stereocenters. The Morgan fingerprint density at radius 2 is 2.00 bits per heavy atom. The Morgan fingerprint density at radius 3 is 2.43 bits per heavy atom. The van der Waals surface area contributed by atoms with E-state index in [1.807, 2.05) is 0 Å². The Kier molecular flexibility index (Phi) is 3.43. The molecule has 0 fully saturated rings. The van der Waals surface area contributed by atoms with Gasteiger partial charge < -0.3 is 20.1 Å². The van der Waals surface area contributed by atoms with Gasteiger partial charge in [-0.05, 0) is 29.5 Å². The van der Waals surface area contributed by atoms with E-state index in [2.05, 4.69) is 0 Å². The molecule has 14 heavy (non-hydrogen) atoms. The fraction of sp³-hybridized carbons (Fsp3) is 0.333. The van der Waals surface area contributed by atoms with Crippen LogP contribution in [0.3, 0.4) is 0 Å². The zero-order valence-corrected chi connectivity index (χ0v) is 9.94. The number of phenolic OH excluding ortho intramolecular Hbond substituents is 2. The second-order valence-electron chi connectivity index (χ2n) is 2.85. The van der Waals surface area contributed by atoms with E-state index < -0.39 is 6.10 Å². The van der Waals surface area contributed by atoms with E-state index in [-0.39, 0.29) is 22.8 Å². The molecule has 4 nitrogen and oxygen atoms in total. The molecule has 3 N–H and O–H groups in total. The van der Waals surface area contributed by atoms with Crippen molar-refractivity contribution in [2.75, 3.05) is 7.11 Å². The van der Waals surface area contributed by atoms with Gasteiger partial charge in [0.15, 0.2) is 0 Å². The number of rotatable bonds is 2. The van der Waals surface area contributed by atoms with Gasteiger partial charge in [0, 0.05) is 6.07 Å². The number of halogens is 1. The lowest BCUT2D eigenvalue weighted by Crippen LogP contribution is -1.98. The Bertz CT molecular complexity index is 349. The smallest absolute Gasteiger partial charge is 0.142 e. The summed E-state index contributed by atoms with van der Waals surface area (Å²) in [5.74, 6) is 0.0669. The number of aliphatic hydroxyl groups excluding tert-OH is 1. The van der Waals surface area contributed by atoms with Gasteiger partial charge in [-0.25, -0.2) is 0 Å². The molecular weight excluding hydrogens is 299 g/mol. The van der Waals surface area contributed by atoms with Crippen molar-refractivity contribution in [1.82, 2.24) is 0 Å². The summed E-state index contributed by atoms with van der Waals surface area (Å²) in [5, 5.41) is 28.4. The van der Waals surface area contributed by atoms with Crippen LogP contribution in [0.25, 0.3) is 0 Å². The Morgan fingerprint density at radius 1 is 1.43 bits per heavy atom. The fourth-order valence-electron chi connectivity index (χ4n) is 1.19. The quantitative estimate of drug-likeness (QED) is 0.728. The highest BCUT2D eigenvalue weighted by Crippen LogP contribution is 2.41. The second-order valence-corrected chi connectivity index (χ2v) is 3.93. The summed E-state index contributed by atoms with van der Waals surface area (Å²) in [5.41, 5.74) is 0.287. The summed E-state index contributed by atoms with van der Waals surface area (Å²) < 4.78 is 5.24. The monoisotopic (exact) mass is 310 g/mol. The van der Waals surface area contributed by atoms with Crippen molar-refractivity contribution >= 4 is 22.6 Å². The van der Waals surface area contributed by atoms with Gasteiger partial charge in [0.05, 0.1) is 22.3 Å². The second kappa shape index (κ2) is 4.22. The normalized spacial score (nSPS) is 12.6. The highest BCUT2D eigenvalue weighted by Gasteiger charge is 2.19. The maximum Gasteiger partial charge on any atom is 0.142 e. The molecule has 5 heteroatoms. The lowest BCUT2D eigenvalue weighted by Gasteiger charge is -2.14. The van der Waals surface area contributed by atoms with Crippen molar-refractivity contribution in [3.63, 3.8) is 0 Å². The topological polar surface area (TPSA) is 69.9 Å². The number of benzene rings is 1. The van der Waals surface area contributed by atoms with Gasteiger partial charge in [-0.3, -0.25) is 0 Å². The summed E-state index contributed by atoms with van der Waals surface area (Å²) >= 11 is 1.79. The predicted octanol–water partition coefficient (Wildman–Crippen LogP) is 1.76. The van der Waals surface area contributed by atoms with Crippen LogP contribution in [-0.2, 0) is 0 Å². The molecule has 0 aliphatic carbocycles. The Balaban J connectivity index is 3.45. The lowest BCUT2D eigenvalue weighted by molar-refractivity contribution is 0.189. The van der Waals surface area contributed by atoms with Gasteiger partial charge >= 0.3 is 0 Å². The van der Waals surface area contributed by atoms with Gasteiger partial charge in [-0.15, -0.1) is 0 Å². The van der Waals surface area contributed by atoms with E-state index in [9.17, 15) is 15.3 Å². The van der Waals surface area contributed by atoms with Crippen molar-refractivity contribution < 1.29 is 20.1 Å². The molecule has 1 atom stereocenters. The summed E-state index contributed by atoms with van der Waals surface area (Å²) in [7, 11) is 1.41. The number of hydrogen-bond donors (Lipinski definition) is 3. The summed E-state index contributed by atoms with van der Waals surface area (Å²) in [6.07, 6.45) is -0.848. The van der Waals surface area contributed by atoms with Crippen molar-refractivity contribution in [2.24, 2.45) is 0 Å². The summed E-state index contributed by atoms with van der Waals surface area (Å²) in [6.45, 7) is 1.52. The molecule has 1 aromatic rings. The van der Waals surface area contributed by atoms with E-state index >= 15 is 0 Å². The van der Waals surface area contributed by atoms with E-state index in [0.717, 1.165) is 0 Å². The minimum atomic E-state index is -0.848. The first-order chi connectivity index (χ1) is 6.49. The Hall–Kier alpha value is -0.690. The van der Waals surface area contributed by atoms with Crippen LogP contribution in [0.5, 0.6) is 17.2 Å². The molecule has 78 valence electrons. The minimum absolute atomic E-state index is 0.0654. The molecule has 0 amide bonds. The van der Waals surface area contributed by atoms with E-state index in [4.69, 9.17) is 4.74 Å². The molecule has 0 saturated heterocycles. The number of phenols is 2. The number of hydrogen-bond acceptors (Lipinski definition) is 4. The van der Waals surface area contributed by atoms with Crippen molar-refractivity contribution in [1.29, 1.82) is 0 Å². The average Bonchev–Trinajstić information content (AvgIpc) is 2.12. The maximum absolute atomic E-state index is 9.65. The van der Waals surface area contributed by atoms with Crippen LogP contribution in [0.1, 0.15) is 18.6 Å². The SMILES string of the molecule is COc1cc(O)c(I)c(O)c1C(C)O. The molecule has 0 aliphatic rings. The van der Waals surface area contributed by atoms with Crippen LogP contribution >= 0.6 is 22.6 Å². The zero-order chi connectivity index (χ0) is 10.9. The predicted molar refractivity (Wildman–Crippen MR) is 59.7 cm³/mol. The highest BCUT2D eigenvalue weighted by atomic mass is 127. The first kappa shape index (κ1) is 11.4. The standard InChI is InChI=1S/C9H11IO4/c1-4(11)7-6(14-2)3-5(12)8(10)9(7)13/h3-4,11-13H,1-2H3. The maximum atomic E-state index is 9.65. The number of methoxy groups -OCH3 is 1. The van der Waals surface area contributed by atoms with Gasteiger partial charge in [0.1, 0.15) is 17.2 Å². The first-order valence-electron chi connectivity index (χ1n) is 3.95. The summed E-state index contributed by atoms with van der Waals surface area (Å²) in [4.78, 5) is 0. The lowest BCUT2D eigenvalue weighted by atomic mass is 10.1. The minimum Gasteiger partial charge on any atom is -0.507 e. The molecule has 0 spiro atoms. The van der Waals surface area contributed by atoms with Gasteiger partial charge in [-0.1, -0.05) is 0 Å². The molecule has 0 radical (unpaired) electrons. The van der Waals surface area contributed by atoms with Crippen LogP contribution in [0, 0.1) is 3.57 Å². The summed E-state index contributed by atoms with van der Waals surface area (Å²) in [6, 6.07) is 1.36. The average molecular weight is 310 g/mol. The van der Waals surface area contributed by atoms with Crippen molar-refractivity contribution in [3.05, 3.63) is 15.2 Å². The number of aliphatic hydroxyl groups is 1. The Labute approximate surface area is 95.3 Å². The van der Waals surface area contributed by atoms with E-state index in [0.29, 0.717) is 3.57 Å². The van der Waals surface area contributed by atoms with Crippen LogP contribution in [0.4, 0.5) is 0 Å². The molecule has 0 heterocycles. The third-order valence-electron chi connectivity index (χ3n) is 1.86. The fourth-order valence-corrected chi connectivity index (χ4v) is 1.64. The van der Waals surface area contributed by atoms with Crippen molar-refractivity contribution in [2.45, 2.75) is 13.0 Å². The molecule has 0 aliphatic heterocycles. The molecule has 0 aromatic heterocycles. The third-order valence-corrected chi connectivity index (χ3v) is 2.92. The van der Waals surface area contributed by atoms with Gasteiger partial charge in [0.25, 0.3) is 0 Å². The van der Waals surface area contributed by atoms with Crippen molar-refractivity contribution in [3.8, 4) is 17.2 Å². The van der Waals surface area contributed by atoms with Gasteiger partial charge in [-0.2, -0.15) is 0 Å². The molecule has 0 bridgehead atoms. The molecule has 1 rings (SSSR count). The molecule has 1 aromatic carbocycles. The van der Waals surface area contributed by atoms with Gasteiger partial charge in [0.2, 0.25) is 0 Å². The first-order valence-corrected chi connectivity index (χ1v) is 5.03. The third kappa shape index (κ3) is 1.88. The van der Waals surface area contributed by atoms with E-state index in [1.54, 1.807) is 22.6 Å². The van der Waals surface area contributed by atoms with E-state index in [1.165, 1.54) is 20.1 Å². The van der Waals surface area contributed by atoms with Crippen LogP contribution in [-0.4, -0.2) is 22.4 Å². The molecular formula is C9H11IO4. The number of aromatic hydroxyl groups is 2. The van der Waals surface area contributed by atoms with Crippen LogP contribution in [0.15, 0.2) is 6.07 Å². The zero-order valence-electron chi connectivity index (χ0n) is 7.78. The number of ether oxygens (including phenoxy) is 1. The highest BCUT2D eigenvalue weighted by molar-refractivity contribution is 14.1. The molecule has 0 saturated carbocycles.